The van der Waals surface area contributed by atoms with E-state index in [1.807, 2.05) is 13.8 Å². The molecule has 0 saturated carbocycles. The number of hydrogen-bond acceptors (Lipinski definition) is 5. The molecule has 1 fully saturated rings. The van der Waals surface area contributed by atoms with Gasteiger partial charge in [0.15, 0.2) is 0 Å². The van der Waals surface area contributed by atoms with Crippen molar-refractivity contribution in [2.75, 3.05) is 18.4 Å². The summed E-state index contributed by atoms with van der Waals surface area (Å²) >= 11 is 7.21. The maximum Gasteiger partial charge on any atom is 0.243 e. The largest absolute Gasteiger partial charge is 0.316 e. The minimum Gasteiger partial charge on any atom is -0.316 e. The third kappa shape index (κ3) is 4.08. The summed E-state index contributed by atoms with van der Waals surface area (Å²) in [6.45, 7) is 4.23. The number of aryl methyl sites for hydroxylation is 1. The molecule has 0 aliphatic carbocycles. The zero-order chi connectivity index (χ0) is 20.5. The Balaban J connectivity index is 1.76. The summed E-state index contributed by atoms with van der Waals surface area (Å²) in [5.74, 6) is -0.723. The minimum absolute atomic E-state index is 0.113. The van der Waals surface area contributed by atoms with E-state index < -0.39 is 15.9 Å². The number of hydrogen-bond donors (Lipinski definition) is 1. The summed E-state index contributed by atoms with van der Waals surface area (Å²) in [6.07, 6.45) is 1.20. The maximum atomic E-state index is 12.9. The molecule has 2 heterocycles. The van der Waals surface area contributed by atoms with Crippen LogP contribution in [0.5, 0.6) is 0 Å². The lowest BCUT2D eigenvalue weighted by Gasteiger charge is -2.31. The van der Waals surface area contributed by atoms with Crippen molar-refractivity contribution in [3.63, 3.8) is 0 Å². The normalized spacial score (nSPS) is 17.9. The van der Waals surface area contributed by atoms with Crippen LogP contribution in [0.3, 0.4) is 0 Å². The SMILES string of the molecule is Cc1sc(NC(=O)C2CCCN(S(=O)(=O)c3ccc(Cl)cc3)C2)c(C#N)c1C. The quantitative estimate of drug-likeness (QED) is 0.784. The zero-order valence-electron chi connectivity index (χ0n) is 15.5. The van der Waals surface area contributed by atoms with Gasteiger partial charge in [-0.1, -0.05) is 11.6 Å². The number of benzene rings is 1. The van der Waals surface area contributed by atoms with Gasteiger partial charge in [0.2, 0.25) is 15.9 Å². The molecule has 1 aromatic carbocycles. The van der Waals surface area contributed by atoms with Crippen LogP contribution in [0, 0.1) is 31.1 Å². The highest BCUT2D eigenvalue weighted by Gasteiger charge is 2.33. The number of thiophene rings is 1. The van der Waals surface area contributed by atoms with E-state index in [1.165, 1.54) is 39.9 Å². The van der Waals surface area contributed by atoms with Crippen LogP contribution in [0.2, 0.25) is 5.02 Å². The van der Waals surface area contributed by atoms with Crippen LogP contribution in [0.15, 0.2) is 29.2 Å². The Labute approximate surface area is 173 Å². The van der Waals surface area contributed by atoms with Gasteiger partial charge in [0.05, 0.1) is 16.4 Å². The second kappa shape index (κ2) is 8.21. The van der Waals surface area contributed by atoms with Crippen molar-refractivity contribution in [3.8, 4) is 6.07 Å². The fraction of sp³-hybridized carbons (Fsp3) is 0.368. The highest BCUT2D eigenvalue weighted by molar-refractivity contribution is 7.89. The molecule has 1 aliphatic rings. The van der Waals surface area contributed by atoms with Gasteiger partial charge in [0.1, 0.15) is 11.1 Å². The highest BCUT2D eigenvalue weighted by Crippen LogP contribution is 2.33. The van der Waals surface area contributed by atoms with Gasteiger partial charge in [0, 0.05) is 23.0 Å². The lowest BCUT2D eigenvalue weighted by molar-refractivity contribution is -0.120. The van der Waals surface area contributed by atoms with Crippen LogP contribution in [0.25, 0.3) is 0 Å². The van der Waals surface area contributed by atoms with Crippen molar-refractivity contribution < 1.29 is 13.2 Å². The van der Waals surface area contributed by atoms with Gasteiger partial charge in [-0.15, -0.1) is 11.3 Å². The van der Waals surface area contributed by atoms with Gasteiger partial charge in [-0.2, -0.15) is 9.57 Å². The van der Waals surface area contributed by atoms with Crippen LogP contribution < -0.4 is 5.32 Å². The molecule has 3 rings (SSSR count). The molecule has 1 atom stereocenters. The number of anilines is 1. The van der Waals surface area contributed by atoms with Gasteiger partial charge >= 0.3 is 0 Å². The molecule has 6 nitrogen and oxygen atoms in total. The summed E-state index contributed by atoms with van der Waals surface area (Å²) in [4.78, 5) is 13.9. The van der Waals surface area contributed by atoms with Crippen LogP contribution in [0.4, 0.5) is 5.00 Å². The number of sulfonamides is 1. The molecule has 1 N–H and O–H groups in total. The van der Waals surface area contributed by atoms with E-state index in [4.69, 9.17) is 11.6 Å². The molecule has 1 unspecified atom stereocenters. The maximum absolute atomic E-state index is 12.9. The molecule has 1 amide bonds. The first-order valence-corrected chi connectivity index (χ1v) is 11.4. The number of rotatable bonds is 4. The molecule has 0 bridgehead atoms. The standard InChI is InChI=1S/C19H20ClN3O3S2/c1-12-13(2)27-19(17(12)10-21)22-18(24)14-4-3-9-23(11-14)28(25,26)16-7-5-15(20)6-8-16/h5-8,14H,3-4,9,11H2,1-2H3,(H,22,24). The fourth-order valence-corrected chi connectivity index (χ4v) is 5.86. The van der Waals surface area contributed by atoms with Crippen molar-refractivity contribution in [3.05, 3.63) is 45.3 Å². The Morgan fingerprint density at radius 1 is 1.32 bits per heavy atom. The number of carbonyl (C=O) groups excluding carboxylic acids is 1. The fourth-order valence-electron chi connectivity index (χ4n) is 3.19. The zero-order valence-corrected chi connectivity index (χ0v) is 17.9. The van der Waals surface area contributed by atoms with Gasteiger partial charge < -0.3 is 5.32 Å². The van der Waals surface area contributed by atoms with E-state index in [0.29, 0.717) is 35.0 Å². The Bertz CT molecular complexity index is 1040. The van der Waals surface area contributed by atoms with E-state index >= 15 is 0 Å². The number of halogens is 1. The lowest BCUT2D eigenvalue weighted by atomic mass is 9.99. The predicted molar refractivity (Wildman–Crippen MR) is 110 cm³/mol. The molecule has 2 aromatic rings. The lowest BCUT2D eigenvalue weighted by Crippen LogP contribution is -2.43. The Morgan fingerprint density at radius 3 is 2.64 bits per heavy atom. The number of nitrogens with one attached hydrogen (secondary N) is 1. The number of piperidine rings is 1. The first-order chi connectivity index (χ1) is 13.2. The smallest absolute Gasteiger partial charge is 0.243 e. The third-order valence-electron chi connectivity index (χ3n) is 4.94. The van der Waals surface area contributed by atoms with E-state index in [2.05, 4.69) is 11.4 Å². The first-order valence-electron chi connectivity index (χ1n) is 8.80. The average Bonchev–Trinajstić information content (AvgIpc) is 2.95. The van der Waals surface area contributed by atoms with Crippen molar-refractivity contribution in [2.24, 2.45) is 5.92 Å². The molecule has 28 heavy (non-hydrogen) atoms. The Hall–Kier alpha value is -1.92. The molecule has 1 aliphatic heterocycles. The van der Waals surface area contributed by atoms with Crippen LogP contribution in [-0.2, 0) is 14.8 Å². The van der Waals surface area contributed by atoms with E-state index in [-0.39, 0.29) is 17.3 Å². The third-order valence-corrected chi connectivity index (χ3v) is 8.19. The summed E-state index contributed by atoms with van der Waals surface area (Å²) in [6, 6.07) is 8.14. The molecular formula is C19H20ClN3O3S2. The summed E-state index contributed by atoms with van der Waals surface area (Å²) in [5.41, 5.74) is 1.33. The predicted octanol–water partition coefficient (Wildman–Crippen LogP) is 3.93. The van der Waals surface area contributed by atoms with Crippen molar-refractivity contribution in [1.29, 1.82) is 5.26 Å². The van der Waals surface area contributed by atoms with Crippen molar-refractivity contribution in [1.82, 2.24) is 4.31 Å². The molecule has 1 saturated heterocycles. The van der Waals surface area contributed by atoms with Crippen molar-refractivity contribution >= 4 is 43.9 Å². The van der Waals surface area contributed by atoms with Crippen molar-refractivity contribution in [2.45, 2.75) is 31.6 Å². The number of carbonyl (C=O) groups is 1. The van der Waals surface area contributed by atoms with Gasteiger partial charge in [-0.05, 0) is 56.5 Å². The number of amides is 1. The highest BCUT2D eigenvalue weighted by atomic mass is 35.5. The van der Waals surface area contributed by atoms with E-state index in [1.54, 1.807) is 0 Å². The van der Waals surface area contributed by atoms with Gasteiger partial charge in [-0.3, -0.25) is 4.79 Å². The molecular weight excluding hydrogens is 418 g/mol. The molecule has 148 valence electrons. The molecule has 0 spiro atoms. The monoisotopic (exact) mass is 437 g/mol. The number of nitriles is 1. The molecule has 0 radical (unpaired) electrons. The Kier molecular flexibility index (Phi) is 6.10. The second-order valence-corrected chi connectivity index (χ2v) is 10.3. The van der Waals surface area contributed by atoms with Crippen LogP contribution in [0.1, 0.15) is 28.8 Å². The van der Waals surface area contributed by atoms with E-state index in [9.17, 15) is 18.5 Å². The summed E-state index contributed by atoms with van der Waals surface area (Å²) < 4.78 is 27.1. The molecule has 9 heteroatoms. The first kappa shape index (κ1) is 20.8. The molecule has 1 aromatic heterocycles. The second-order valence-electron chi connectivity index (χ2n) is 6.74. The summed E-state index contributed by atoms with van der Waals surface area (Å²) in [5, 5.41) is 13.2. The van der Waals surface area contributed by atoms with Crippen LogP contribution >= 0.6 is 22.9 Å². The van der Waals surface area contributed by atoms with Gasteiger partial charge in [-0.25, -0.2) is 8.42 Å². The van der Waals surface area contributed by atoms with Gasteiger partial charge in [0.25, 0.3) is 0 Å². The summed E-state index contributed by atoms with van der Waals surface area (Å²) in [7, 11) is -3.69. The topological polar surface area (TPSA) is 90.3 Å². The Morgan fingerprint density at radius 2 is 2.00 bits per heavy atom. The minimum atomic E-state index is -3.69. The van der Waals surface area contributed by atoms with E-state index in [0.717, 1.165) is 10.4 Å². The number of nitrogens with zero attached hydrogens (tertiary/aromatic N) is 2. The average molecular weight is 438 g/mol. The van der Waals surface area contributed by atoms with Crippen LogP contribution in [-0.4, -0.2) is 31.7 Å².